The van der Waals surface area contributed by atoms with E-state index in [-0.39, 0.29) is 5.41 Å². The van der Waals surface area contributed by atoms with E-state index in [9.17, 15) is 0 Å². The van der Waals surface area contributed by atoms with Gasteiger partial charge in [-0.2, -0.15) is 10.4 Å². The molecule has 0 spiro atoms. The third kappa shape index (κ3) is 1.65. The summed E-state index contributed by atoms with van der Waals surface area (Å²) in [5.74, 6) is 0. The molecule has 0 atom stereocenters. The third-order valence-corrected chi connectivity index (χ3v) is 3.20. The Labute approximate surface area is 84.3 Å². The van der Waals surface area contributed by atoms with E-state index in [2.05, 4.69) is 11.2 Å². The summed E-state index contributed by atoms with van der Waals surface area (Å²) in [6.45, 7) is 0. The van der Waals surface area contributed by atoms with Crippen LogP contribution in [0, 0.1) is 16.7 Å². The van der Waals surface area contributed by atoms with Crippen LogP contribution in [0.2, 0.25) is 0 Å². The number of nitrogens with zero attached hydrogens (tertiary/aromatic N) is 3. The molecule has 74 valence electrons. The van der Waals surface area contributed by atoms with Crippen molar-refractivity contribution in [2.45, 2.75) is 32.1 Å². The van der Waals surface area contributed by atoms with E-state index in [1.165, 1.54) is 12.0 Å². The van der Waals surface area contributed by atoms with Gasteiger partial charge in [0.2, 0.25) is 0 Å². The highest BCUT2D eigenvalue weighted by Gasteiger charge is 2.36. The lowest BCUT2D eigenvalue weighted by Crippen LogP contribution is -2.27. The van der Waals surface area contributed by atoms with Crippen molar-refractivity contribution >= 4 is 0 Å². The number of hydrogen-bond acceptors (Lipinski definition) is 2. The van der Waals surface area contributed by atoms with Crippen molar-refractivity contribution in [2.24, 2.45) is 12.5 Å². The smallest absolute Gasteiger partial charge is 0.0689 e. The normalized spacial score (nSPS) is 18.6. The first-order valence-electron chi connectivity index (χ1n) is 5.13. The Bertz CT molecular complexity index is 355. The van der Waals surface area contributed by atoms with Crippen molar-refractivity contribution in [3.8, 4) is 6.07 Å². The van der Waals surface area contributed by atoms with Crippen LogP contribution in [0.5, 0.6) is 0 Å². The van der Waals surface area contributed by atoms with Crippen LogP contribution >= 0.6 is 0 Å². The summed E-state index contributed by atoms with van der Waals surface area (Å²) in [5.41, 5.74) is 1.24. The average molecular weight is 189 g/mol. The number of hydrogen-bond donors (Lipinski definition) is 0. The summed E-state index contributed by atoms with van der Waals surface area (Å²) >= 11 is 0. The molecule has 0 bridgehead atoms. The second-order valence-corrected chi connectivity index (χ2v) is 4.27. The van der Waals surface area contributed by atoms with Gasteiger partial charge in [-0.15, -0.1) is 0 Å². The molecule has 1 aromatic heterocycles. The summed E-state index contributed by atoms with van der Waals surface area (Å²) in [7, 11) is 1.92. The van der Waals surface area contributed by atoms with Crippen LogP contribution in [0.25, 0.3) is 0 Å². The predicted molar refractivity (Wildman–Crippen MR) is 53.4 cm³/mol. The standard InChI is InChI=1S/C11H15N3/c1-14-8-10(7-13-14)3-6-11(9-12)4-2-5-11/h7-8H,2-6H2,1H3. The van der Waals surface area contributed by atoms with Gasteiger partial charge >= 0.3 is 0 Å². The Hall–Kier alpha value is -1.30. The highest BCUT2D eigenvalue weighted by atomic mass is 15.2. The SMILES string of the molecule is Cn1cc(CCC2(C#N)CCC2)cn1. The van der Waals surface area contributed by atoms with Gasteiger partial charge in [-0.1, -0.05) is 6.42 Å². The van der Waals surface area contributed by atoms with Gasteiger partial charge in [0.25, 0.3) is 0 Å². The Morgan fingerprint density at radius 1 is 1.64 bits per heavy atom. The van der Waals surface area contributed by atoms with Gasteiger partial charge in [-0.05, 0) is 31.2 Å². The monoisotopic (exact) mass is 189 g/mol. The molecule has 0 aromatic carbocycles. The van der Waals surface area contributed by atoms with E-state index in [0.717, 1.165) is 25.7 Å². The van der Waals surface area contributed by atoms with E-state index >= 15 is 0 Å². The molecule has 0 aliphatic heterocycles. The second kappa shape index (κ2) is 3.45. The van der Waals surface area contributed by atoms with E-state index < -0.39 is 0 Å². The van der Waals surface area contributed by atoms with E-state index in [1.54, 1.807) is 0 Å². The first-order chi connectivity index (χ1) is 6.74. The molecule has 1 fully saturated rings. The molecule has 1 aliphatic carbocycles. The highest BCUT2D eigenvalue weighted by molar-refractivity contribution is 5.10. The van der Waals surface area contributed by atoms with Gasteiger partial charge in [0.1, 0.15) is 0 Å². The molecule has 0 radical (unpaired) electrons. The van der Waals surface area contributed by atoms with Crippen molar-refractivity contribution in [1.29, 1.82) is 5.26 Å². The molecular weight excluding hydrogens is 174 g/mol. The summed E-state index contributed by atoms with van der Waals surface area (Å²) in [5, 5.41) is 13.2. The zero-order valence-corrected chi connectivity index (χ0v) is 8.53. The van der Waals surface area contributed by atoms with E-state index in [0.29, 0.717) is 0 Å². The topological polar surface area (TPSA) is 41.6 Å². The van der Waals surface area contributed by atoms with Crippen molar-refractivity contribution in [3.05, 3.63) is 18.0 Å². The molecule has 0 N–H and O–H groups in total. The largest absolute Gasteiger partial charge is 0.276 e. The van der Waals surface area contributed by atoms with Crippen LogP contribution < -0.4 is 0 Å². The van der Waals surface area contributed by atoms with Crippen LogP contribution in [0.1, 0.15) is 31.2 Å². The lowest BCUT2D eigenvalue weighted by molar-refractivity contribution is 0.198. The first-order valence-corrected chi connectivity index (χ1v) is 5.13. The van der Waals surface area contributed by atoms with Gasteiger partial charge in [-0.25, -0.2) is 0 Å². The molecule has 1 saturated carbocycles. The molecular formula is C11H15N3. The summed E-state index contributed by atoms with van der Waals surface area (Å²) < 4.78 is 1.81. The lowest BCUT2D eigenvalue weighted by atomic mass is 9.67. The summed E-state index contributed by atoms with van der Waals surface area (Å²) in [4.78, 5) is 0. The quantitative estimate of drug-likeness (QED) is 0.730. The minimum Gasteiger partial charge on any atom is -0.276 e. The fraction of sp³-hybridized carbons (Fsp3) is 0.636. The molecule has 0 unspecified atom stereocenters. The average Bonchev–Trinajstić information content (AvgIpc) is 2.50. The maximum Gasteiger partial charge on any atom is 0.0689 e. The third-order valence-electron chi connectivity index (χ3n) is 3.20. The van der Waals surface area contributed by atoms with Crippen LogP contribution in [0.3, 0.4) is 0 Å². The van der Waals surface area contributed by atoms with Crippen molar-refractivity contribution in [2.75, 3.05) is 0 Å². The molecule has 1 aliphatic rings. The van der Waals surface area contributed by atoms with E-state index in [4.69, 9.17) is 5.26 Å². The fourth-order valence-electron chi connectivity index (χ4n) is 2.01. The molecule has 1 heterocycles. The number of nitriles is 1. The summed E-state index contributed by atoms with van der Waals surface area (Å²) in [6.07, 6.45) is 9.30. The second-order valence-electron chi connectivity index (χ2n) is 4.27. The highest BCUT2D eigenvalue weighted by Crippen LogP contribution is 2.43. The fourth-order valence-corrected chi connectivity index (χ4v) is 2.01. The Balaban J connectivity index is 1.91. The lowest BCUT2D eigenvalue weighted by Gasteiger charge is -2.35. The van der Waals surface area contributed by atoms with E-state index in [1.807, 2.05) is 24.1 Å². The predicted octanol–water partition coefficient (Wildman–Crippen LogP) is 2.05. The van der Waals surface area contributed by atoms with Crippen molar-refractivity contribution in [3.63, 3.8) is 0 Å². The van der Waals surface area contributed by atoms with Crippen LogP contribution in [-0.4, -0.2) is 9.78 Å². The molecule has 0 amide bonds. The van der Waals surface area contributed by atoms with Gasteiger partial charge in [0.05, 0.1) is 17.7 Å². The number of rotatable bonds is 3. The minimum atomic E-state index is -0.00413. The summed E-state index contributed by atoms with van der Waals surface area (Å²) in [6, 6.07) is 2.46. The van der Waals surface area contributed by atoms with Gasteiger partial charge < -0.3 is 0 Å². The molecule has 3 nitrogen and oxygen atoms in total. The molecule has 1 aromatic rings. The number of aryl methyl sites for hydroxylation is 2. The maximum atomic E-state index is 9.05. The Morgan fingerprint density at radius 3 is 2.86 bits per heavy atom. The van der Waals surface area contributed by atoms with Crippen molar-refractivity contribution in [1.82, 2.24) is 9.78 Å². The molecule has 14 heavy (non-hydrogen) atoms. The Morgan fingerprint density at radius 2 is 2.43 bits per heavy atom. The van der Waals surface area contributed by atoms with Crippen LogP contribution in [0.4, 0.5) is 0 Å². The van der Waals surface area contributed by atoms with Gasteiger partial charge in [-0.3, -0.25) is 4.68 Å². The first kappa shape index (κ1) is 9.26. The maximum absolute atomic E-state index is 9.05. The Kier molecular flexibility index (Phi) is 2.28. The molecule has 0 saturated heterocycles. The molecule has 2 rings (SSSR count). The van der Waals surface area contributed by atoms with Crippen molar-refractivity contribution < 1.29 is 0 Å². The molecule has 3 heteroatoms. The minimum absolute atomic E-state index is 0.00413. The zero-order valence-electron chi connectivity index (χ0n) is 8.53. The number of aromatic nitrogens is 2. The van der Waals surface area contributed by atoms with Crippen LogP contribution in [-0.2, 0) is 13.5 Å². The van der Waals surface area contributed by atoms with Crippen LogP contribution in [0.15, 0.2) is 12.4 Å². The van der Waals surface area contributed by atoms with Gasteiger partial charge in [0.15, 0.2) is 0 Å². The zero-order chi connectivity index (χ0) is 10.0. The van der Waals surface area contributed by atoms with Gasteiger partial charge in [0, 0.05) is 13.2 Å².